The van der Waals surface area contributed by atoms with Crippen LogP contribution in [0, 0.1) is 5.92 Å². The van der Waals surface area contributed by atoms with Crippen molar-refractivity contribution in [1.29, 1.82) is 0 Å². The number of fused-ring (bicyclic) bond motifs is 1. The van der Waals surface area contributed by atoms with Crippen LogP contribution in [0.5, 0.6) is 0 Å². The lowest BCUT2D eigenvalue weighted by molar-refractivity contribution is -0.151. The third-order valence-corrected chi connectivity index (χ3v) is 7.41. The molecular formula is C22H28N2O5S. The first-order valence-corrected chi connectivity index (χ1v) is 11.7. The quantitative estimate of drug-likeness (QED) is 0.628. The fourth-order valence-corrected chi connectivity index (χ4v) is 5.15. The van der Waals surface area contributed by atoms with Crippen LogP contribution in [0.2, 0.25) is 0 Å². The molecule has 0 spiro atoms. The third kappa shape index (κ3) is 4.82. The van der Waals surface area contributed by atoms with Crippen LogP contribution in [0.15, 0.2) is 47.4 Å². The highest BCUT2D eigenvalue weighted by molar-refractivity contribution is 7.89. The van der Waals surface area contributed by atoms with Crippen LogP contribution in [-0.2, 0) is 24.3 Å². The van der Waals surface area contributed by atoms with Gasteiger partial charge in [-0.3, -0.25) is 9.59 Å². The summed E-state index contributed by atoms with van der Waals surface area (Å²) in [5.41, 5.74) is 0. The van der Waals surface area contributed by atoms with Crippen molar-refractivity contribution < 1.29 is 22.7 Å². The Balaban J connectivity index is 1.68. The van der Waals surface area contributed by atoms with Crippen molar-refractivity contribution >= 4 is 32.7 Å². The molecule has 1 heterocycles. The van der Waals surface area contributed by atoms with Crippen molar-refractivity contribution in [3.8, 4) is 0 Å². The second kappa shape index (κ2) is 9.57. The van der Waals surface area contributed by atoms with Crippen molar-refractivity contribution in [2.75, 3.05) is 32.8 Å². The van der Waals surface area contributed by atoms with Gasteiger partial charge in [0.05, 0.1) is 24.0 Å². The van der Waals surface area contributed by atoms with Gasteiger partial charge >= 0.3 is 5.97 Å². The van der Waals surface area contributed by atoms with E-state index >= 15 is 0 Å². The molecule has 1 fully saturated rings. The Morgan fingerprint density at radius 3 is 2.37 bits per heavy atom. The minimum absolute atomic E-state index is 0.178. The first kappa shape index (κ1) is 22.2. The van der Waals surface area contributed by atoms with Crippen molar-refractivity contribution in [2.45, 2.75) is 31.6 Å². The Morgan fingerprint density at radius 1 is 1.07 bits per heavy atom. The fourth-order valence-electron chi connectivity index (χ4n) is 3.72. The van der Waals surface area contributed by atoms with Crippen LogP contribution < -0.4 is 0 Å². The number of hydrogen-bond donors (Lipinski definition) is 0. The SMILES string of the molecule is CCOC(=O)C1CCN(C(=O)CN(CC)S(=O)(=O)c2ccc3ccccc3c2)CC1. The van der Waals surface area contributed by atoms with Gasteiger partial charge in [0.25, 0.3) is 0 Å². The second-order valence-corrected chi connectivity index (χ2v) is 9.29. The number of likely N-dealkylation sites (N-methyl/N-ethyl adjacent to an activating group) is 1. The normalized spacial score (nSPS) is 15.5. The molecule has 0 N–H and O–H groups in total. The Hall–Kier alpha value is -2.45. The lowest BCUT2D eigenvalue weighted by Gasteiger charge is -2.32. The predicted octanol–water partition coefficient (Wildman–Crippen LogP) is 2.65. The number of carbonyl (C=O) groups is 2. The van der Waals surface area contributed by atoms with E-state index in [0.717, 1.165) is 10.8 Å². The number of amides is 1. The second-order valence-electron chi connectivity index (χ2n) is 7.35. The average molecular weight is 433 g/mol. The molecule has 3 rings (SSSR count). The molecule has 1 amide bonds. The summed E-state index contributed by atoms with van der Waals surface area (Å²) in [6.45, 7) is 4.67. The number of likely N-dealkylation sites (tertiary alicyclic amines) is 1. The molecule has 1 aliphatic heterocycles. The predicted molar refractivity (Wildman–Crippen MR) is 114 cm³/mol. The van der Waals surface area contributed by atoms with Gasteiger partial charge in [0.1, 0.15) is 0 Å². The van der Waals surface area contributed by atoms with E-state index in [2.05, 4.69) is 0 Å². The molecule has 0 bridgehead atoms. The number of nitrogens with zero attached hydrogens (tertiary/aromatic N) is 2. The molecule has 0 saturated carbocycles. The summed E-state index contributed by atoms with van der Waals surface area (Å²) in [5.74, 6) is -0.667. The Kier molecular flexibility index (Phi) is 7.10. The van der Waals surface area contributed by atoms with E-state index in [1.54, 1.807) is 36.9 Å². The van der Waals surface area contributed by atoms with Crippen molar-refractivity contribution in [2.24, 2.45) is 5.92 Å². The van der Waals surface area contributed by atoms with Gasteiger partial charge < -0.3 is 9.64 Å². The zero-order chi connectivity index (χ0) is 21.7. The summed E-state index contributed by atoms with van der Waals surface area (Å²) in [6, 6.07) is 12.5. The molecule has 1 aliphatic rings. The number of benzene rings is 2. The third-order valence-electron chi connectivity index (χ3n) is 5.49. The lowest BCUT2D eigenvalue weighted by atomic mass is 9.97. The highest BCUT2D eigenvalue weighted by Crippen LogP contribution is 2.23. The molecule has 2 aromatic rings. The van der Waals surface area contributed by atoms with Gasteiger partial charge in [0, 0.05) is 19.6 Å². The Bertz CT molecular complexity index is 1010. The van der Waals surface area contributed by atoms with E-state index in [1.807, 2.05) is 24.3 Å². The summed E-state index contributed by atoms with van der Waals surface area (Å²) in [5, 5.41) is 1.79. The molecule has 1 saturated heterocycles. The van der Waals surface area contributed by atoms with Crippen LogP contribution in [0.1, 0.15) is 26.7 Å². The number of rotatable bonds is 7. The van der Waals surface area contributed by atoms with Crippen LogP contribution in [-0.4, -0.2) is 62.3 Å². The zero-order valence-corrected chi connectivity index (χ0v) is 18.2. The maximum atomic E-state index is 13.1. The number of piperidine rings is 1. The van der Waals surface area contributed by atoms with Crippen LogP contribution in [0.25, 0.3) is 10.8 Å². The molecule has 7 nitrogen and oxygen atoms in total. The summed E-state index contributed by atoms with van der Waals surface area (Å²) in [4.78, 5) is 26.4. The van der Waals surface area contributed by atoms with Gasteiger partial charge in [-0.15, -0.1) is 0 Å². The highest BCUT2D eigenvalue weighted by atomic mass is 32.2. The molecule has 0 radical (unpaired) electrons. The van der Waals surface area contributed by atoms with Gasteiger partial charge in [-0.2, -0.15) is 4.31 Å². The minimum Gasteiger partial charge on any atom is -0.466 e. The molecule has 0 aliphatic carbocycles. The molecule has 8 heteroatoms. The van der Waals surface area contributed by atoms with Crippen LogP contribution >= 0.6 is 0 Å². The van der Waals surface area contributed by atoms with Gasteiger partial charge in [-0.05, 0) is 42.7 Å². The summed E-state index contributed by atoms with van der Waals surface area (Å²) in [6.07, 6.45) is 1.07. The summed E-state index contributed by atoms with van der Waals surface area (Å²) < 4.78 is 32.5. The van der Waals surface area contributed by atoms with Crippen molar-refractivity contribution in [1.82, 2.24) is 9.21 Å². The van der Waals surface area contributed by atoms with Crippen LogP contribution in [0.3, 0.4) is 0 Å². The van der Waals surface area contributed by atoms with Gasteiger partial charge in [-0.25, -0.2) is 8.42 Å². The highest BCUT2D eigenvalue weighted by Gasteiger charge is 2.31. The van der Waals surface area contributed by atoms with Crippen molar-refractivity contribution in [3.05, 3.63) is 42.5 Å². The van der Waals surface area contributed by atoms with Crippen molar-refractivity contribution in [3.63, 3.8) is 0 Å². The van der Waals surface area contributed by atoms with E-state index in [4.69, 9.17) is 4.74 Å². The molecule has 162 valence electrons. The summed E-state index contributed by atoms with van der Waals surface area (Å²) in [7, 11) is -3.80. The van der Waals surface area contributed by atoms with E-state index in [1.165, 1.54) is 4.31 Å². The van der Waals surface area contributed by atoms with Gasteiger partial charge in [0.2, 0.25) is 15.9 Å². The maximum absolute atomic E-state index is 13.1. The zero-order valence-electron chi connectivity index (χ0n) is 17.4. The molecule has 0 atom stereocenters. The molecule has 0 unspecified atom stereocenters. The number of hydrogen-bond acceptors (Lipinski definition) is 5. The smallest absolute Gasteiger partial charge is 0.309 e. The average Bonchev–Trinajstić information content (AvgIpc) is 2.77. The number of carbonyl (C=O) groups excluding carboxylic acids is 2. The maximum Gasteiger partial charge on any atom is 0.309 e. The fraction of sp³-hybridized carbons (Fsp3) is 0.455. The monoisotopic (exact) mass is 432 g/mol. The van der Waals surface area contributed by atoms with E-state index in [-0.39, 0.29) is 35.8 Å². The lowest BCUT2D eigenvalue weighted by Crippen LogP contribution is -2.46. The molecule has 30 heavy (non-hydrogen) atoms. The topological polar surface area (TPSA) is 84.0 Å². The van der Waals surface area contributed by atoms with Gasteiger partial charge in [-0.1, -0.05) is 37.3 Å². The molecule has 2 aromatic carbocycles. The number of sulfonamides is 1. The largest absolute Gasteiger partial charge is 0.466 e. The Morgan fingerprint density at radius 2 is 1.73 bits per heavy atom. The van der Waals surface area contributed by atoms with Crippen LogP contribution in [0.4, 0.5) is 0 Å². The molecular weight excluding hydrogens is 404 g/mol. The number of ether oxygens (including phenoxy) is 1. The summed E-state index contributed by atoms with van der Waals surface area (Å²) >= 11 is 0. The minimum atomic E-state index is -3.80. The Labute approximate surface area is 177 Å². The first-order valence-electron chi connectivity index (χ1n) is 10.3. The van der Waals surface area contributed by atoms with E-state index in [9.17, 15) is 18.0 Å². The first-order chi connectivity index (χ1) is 14.4. The van der Waals surface area contributed by atoms with Gasteiger partial charge in [0.15, 0.2) is 0 Å². The van der Waals surface area contributed by atoms with E-state index in [0.29, 0.717) is 32.5 Å². The van der Waals surface area contributed by atoms with E-state index < -0.39 is 10.0 Å². The molecule has 0 aromatic heterocycles. The standard InChI is InChI=1S/C22H28N2O5S/c1-3-24(16-21(25)23-13-11-18(12-14-23)22(26)29-4-2)30(27,28)20-10-9-17-7-5-6-8-19(17)15-20/h5-10,15,18H,3-4,11-14,16H2,1-2H3. The number of esters is 1.